The maximum atomic E-state index is 13.5. The fraction of sp³-hybridized carbons (Fsp3) is 0.483. The summed E-state index contributed by atoms with van der Waals surface area (Å²) in [4.78, 5) is 56.0. The third-order valence-corrected chi connectivity index (χ3v) is 6.84. The van der Waals surface area contributed by atoms with Crippen LogP contribution >= 0.6 is 0 Å². The van der Waals surface area contributed by atoms with E-state index in [9.17, 15) is 24.3 Å². The summed E-state index contributed by atoms with van der Waals surface area (Å²) >= 11 is 0. The number of pyridine rings is 1. The van der Waals surface area contributed by atoms with Gasteiger partial charge in [0.25, 0.3) is 11.9 Å². The van der Waals surface area contributed by atoms with E-state index in [1.54, 1.807) is 19.1 Å². The van der Waals surface area contributed by atoms with Gasteiger partial charge < -0.3 is 24.5 Å². The number of hydrogen-bond acceptors (Lipinski definition) is 9. The van der Waals surface area contributed by atoms with E-state index in [1.165, 1.54) is 20.1 Å². The molecule has 1 aromatic carbocycles. The second kappa shape index (κ2) is 14.2. The van der Waals surface area contributed by atoms with Crippen molar-refractivity contribution in [2.75, 3.05) is 7.11 Å². The van der Waals surface area contributed by atoms with E-state index in [2.05, 4.69) is 10.3 Å². The van der Waals surface area contributed by atoms with Gasteiger partial charge in [-0.1, -0.05) is 57.2 Å². The summed E-state index contributed by atoms with van der Waals surface area (Å²) in [5, 5.41) is 13.0. The molecular weight excluding hydrogens is 515 g/mol. The molecule has 1 aliphatic heterocycles. The van der Waals surface area contributed by atoms with Crippen LogP contribution in [0.2, 0.25) is 5.82 Å². The van der Waals surface area contributed by atoms with Crippen LogP contribution in [-0.2, 0) is 28.4 Å². The van der Waals surface area contributed by atoms with Crippen LogP contribution in [0.4, 0.5) is 0 Å². The number of benzene rings is 1. The number of hydrogen-bond donors (Lipinski definition) is 2. The number of ether oxygens (including phenoxy) is 1. The predicted molar refractivity (Wildman–Crippen MR) is 148 cm³/mol. The van der Waals surface area contributed by atoms with Crippen LogP contribution in [-0.4, -0.2) is 66.2 Å². The van der Waals surface area contributed by atoms with Gasteiger partial charge in [0.05, 0.1) is 24.8 Å². The third kappa shape index (κ3) is 7.76. The minimum absolute atomic E-state index is 0.0881. The predicted octanol–water partition coefficient (Wildman–Crippen LogP) is 3.23. The van der Waals surface area contributed by atoms with E-state index in [-0.39, 0.29) is 18.0 Å². The lowest BCUT2D eigenvalue weighted by atomic mass is 9.63. The molecule has 3 rings (SSSR count). The average molecular weight is 552 g/mol. The number of aromatic nitrogens is 1. The first-order valence-electron chi connectivity index (χ1n) is 13.5. The minimum atomic E-state index is -1.25. The summed E-state index contributed by atoms with van der Waals surface area (Å²) in [6, 6.07) is 13.1. The molecule has 1 amide bonds. The van der Waals surface area contributed by atoms with Gasteiger partial charge in [0, 0.05) is 17.8 Å². The van der Waals surface area contributed by atoms with E-state index in [0.29, 0.717) is 18.5 Å². The van der Waals surface area contributed by atoms with Crippen LogP contribution in [0.1, 0.15) is 57.4 Å². The highest BCUT2D eigenvalue weighted by molar-refractivity contribution is 6.50. The molecule has 1 aliphatic rings. The number of aliphatic hydroxyl groups is 1. The lowest BCUT2D eigenvalue weighted by molar-refractivity contribution is -0.167. The van der Waals surface area contributed by atoms with Crippen LogP contribution in [0.5, 0.6) is 0 Å². The Bertz CT molecular complexity index is 1190. The van der Waals surface area contributed by atoms with E-state index < -0.39 is 60.7 Å². The first kappa shape index (κ1) is 31.0. The molecule has 5 atom stereocenters. The highest BCUT2D eigenvalue weighted by atomic mass is 16.7. The van der Waals surface area contributed by atoms with Crippen LogP contribution in [0.3, 0.4) is 0 Å². The van der Waals surface area contributed by atoms with E-state index >= 15 is 0 Å². The van der Waals surface area contributed by atoms with Crippen molar-refractivity contribution in [2.45, 2.75) is 71.0 Å². The zero-order valence-electron chi connectivity index (χ0n) is 23.5. The smallest absolute Gasteiger partial charge is 0.509 e. The van der Waals surface area contributed by atoms with Gasteiger partial charge in [0.15, 0.2) is 11.9 Å². The summed E-state index contributed by atoms with van der Waals surface area (Å²) < 4.78 is 16.3. The molecule has 0 aliphatic carbocycles. The van der Waals surface area contributed by atoms with Gasteiger partial charge in [-0.3, -0.25) is 14.4 Å². The number of carbonyl (C=O) groups excluding carboxylic acids is 4. The molecule has 0 unspecified atom stereocenters. The highest BCUT2D eigenvalue weighted by Gasteiger charge is 2.49. The number of ketones is 1. The van der Waals surface area contributed by atoms with Crippen molar-refractivity contribution in [3.8, 4) is 11.3 Å². The van der Waals surface area contributed by atoms with E-state index in [1.807, 2.05) is 44.2 Å². The normalized spacial score (nSPS) is 19.4. The average Bonchev–Trinajstić information content (AvgIpc) is 2.94. The fourth-order valence-corrected chi connectivity index (χ4v) is 4.81. The summed E-state index contributed by atoms with van der Waals surface area (Å²) in [7, 11) is 0.0447. The van der Waals surface area contributed by atoms with Crippen molar-refractivity contribution in [3.05, 3.63) is 54.2 Å². The number of amides is 1. The minimum Gasteiger partial charge on any atom is -0.509 e. The van der Waals surface area contributed by atoms with Gasteiger partial charge in [-0.15, -0.1) is 0 Å². The molecule has 0 radical (unpaired) electrons. The van der Waals surface area contributed by atoms with Crippen molar-refractivity contribution >= 4 is 30.7 Å². The van der Waals surface area contributed by atoms with E-state index in [4.69, 9.17) is 14.0 Å². The van der Waals surface area contributed by atoms with Crippen molar-refractivity contribution in [1.82, 2.24) is 10.3 Å². The van der Waals surface area contributed by atoms with Gasteiger partial charge in [0.1, 0.15) is 11.7 Å². The Morgan fingerprint density at radius 1 is 1.10 bits per heavy atom. The van der Waals surface area contributed by atoms with Crippen LogP contribution in [0.25, 0.3) is 11.3 Å². The summed E-state index contributed by atoms with van der Waals surface area (Å²) in [5.41, 5.74) is 1.51. The Balaban J connectivity index is 1.78. The standard InChI is InChI=1S/C29H37BN2O8/c1-6-21-26(29(37)38-5)39-30(40-28(21)36)20(15-17(2)3)16-24(34)25(18(4)33)32-27(35)23-14-10-13-22(31-23)19-11-8-7-9-12-19/h7-14,17-18,20-21,25-26,33H,6,15-16H2,1-5H3,(H,32,35)/t18-,20-,21-,25+,26-/m1/s1. The maximum Gasteiger partial charge on any atom is 0.531 e. The molecule has 40 heavy (non-hydrogen) atoms. The third-order valence-electron chi connectivity index (χ3n) is 6.84. The SMILES string of the molecule is CC[C@H]1C(=O)OB([C@@H](CC(=O)[C@@H](NC(=O)c2cccc(-c3ccccc3)n2)[C@@H](C)O)CC(C)C)O[C@H]1C(=O)OC. The molecule has 2 N–H and O–H groups in total. The number of methoxy groups -OCH3 is 1. The van der Waals surface area contributed by atoms with Crippen molar-refractivity contribution in [2.24, 2.45) is 11.8 Å². The van der Waals surface area contributed by atoms with Gasteiger partial charge in [-0.25, -0.2) is 9.78 Å². The second-order valence-electron chi connectivity index (χ2n) is 10.4. The summed E-state index contributed by atoms with van der Waals surface area (Å²) in [5.74, 6) is -3.73. The number of Topliss-reactive ketones (excluding diaryl/α,β-unsaturated/α-hetero) is 1. The first-order valence-corrected chi connectivity index (χ1v) is 13.5. The molecule has 1 fully saturated rings. The summed E-state index contributed by atoms with van der Waals surface area (Å²) in [6.07, 6.45) is -1.80. The molecule has 10 nitrogen and oxygen atoms in total. The fourth-order valence-electron chi connectivity index (χ4n) is 4.81. The van der Waals surface area contributed by atoms with Crippen LogP contribution in [0, 0.1) is 11.8 Å². The molecule has 11 heteroatoms. The first-order chi connectivity index (χ1) is 19.0. The lowest BCUT2D eigenvalue weighted by Gasteiger charge is -2.35. The Kier molecular flexibility index (Phi) is 11.0. The molecule has 2 heterocycles. The number of nitrogens with one attached hydrogen (secondary N) is 1. The van der Waals surface area contributed by atoms with Gasteiger partial charge in [-0.05, 0) is 37.8 Å². The Morgan fingerprint density at radius 2 is 1.80 bits per heavy atom. The molecule has 2 aromatic rings. The molecule has 1 aromatic heterocycles. The highest BCUT2D eigenvalue weighted by Crippen LogP contribution is 2.33. The zero-order chi connectivity index (χ0) is 29.4. The molecule has 1 saturated heterocycles. The molecular formula is C29H37BN2O8. The Hall–Kier alpha value is -3.57. The van der Waals surface area contributed by atoms with Crippen LogP contribution in [0.15, 0.2) is 48.5 Å². The second-order valence-corrected chi connectivity index (χ2v) is 10.4. The van der Waals surface area contributed by atoms with Crippen LogP contribution < -0.4 is 5.32 Å². The topological polar surface area (TPSA) is 141 Å². The molecule has 0 saturated carbocycles. The number of rotatable bonds is 12. The van der Waals surface area contributed by atoms with Crippen molar-refractivity contribution in [1.29, 1.82) is 0 Å². The van der Waals surface area contributed by atoms with Crippen molar-refractivity contribution < 1.29 is 38.3 Å². The van der Waals surface area contributed by atoms with E-state index in [0.717, 1.165) is 5.56 Å². The number of esters is 1. The number of aliphatic hydroxyl groups excluding tert-OH is 1. The molecule has 0 spiro atoms. The van der Waals surface area contributed by atoms with Gasteiger partial charge >= 0.3 is 13.1 Å². The largest absolute Gasteiger partial charge is 0.531 e. The summed E-state index contributed by atoms with van der Waals surface area (Å²) in [6.45, 7) is 7.02. The molecule has 214 valence electrons. The number of nitrogens with zero attached hydrogens (tertiary/aromatic N) is 1. The number of carbonyl (C=O) groups is 4. The molecule has 0 bridgehead atoms. The zero-order valence-corrected chi connectivity index (χ0v) is 23.5. The Morgan fingerprint density at radius 3 is 2.40 bits per heavy atom. The van der Waals surface area contributed by atoms with Gasteiger partial charge in [-0.2, -0.15) is 0 Å². The van der Waals surface area contributed by atoms with Gasteiger partial charge in [0.2, 0.25) is 0 Å². The quantitative estimate of drug-likeness (QED) is 0.300. The lowest BCUT2D eigenvalue weighted by Crippen LogP contribution is -2.53. The maximum absolute atomic E-state index is 13.5. The van der Waals surface area contributed by atoms with Crippen molar-refractivity contribution in [3.63, 3.8) is 0 Å². The monoisotopic (exact) mass is 552 g/mol. The Labute approximate surface area is 234 Å².